The van der Waals surface area contributed by atoms with E-state index in [2.05, 4.69) is 20.2 Å². The van der Waals surface area contributed by atoms with Gasteiger partial charge in [0, 0.05) is 70.0 Å². The van der Waals surface area contributed by atoms with Gasteiger partial charge >= 0.3 is 12.1 Å². The molecule has 1 aromatic heterocycles. The van der Waals surface area contributed by atoms with Gasteiger partial charge in [-0.25, -0.2) is 14.6 Å². The Balaban J connectivity index is 0.989. The number of nitrogens with one attached hydrogen (secondary N) is 2. The van der Waals surface area contributed by atoms with Gasteiger partial charge in [-0.2, -0.15) is 0 Å². The maximum atomic E-state index is 14.1. The lowest BCUT2D eigenvalue weighted by atomic mass is 9.90. The number of amides is 4. The second-order valence-corrected chi connectivity index (χ2v) is 14.5. The highest BCUT2D eigenvalue weighted by atomic mass is 16.6. The first kappa shape index (κ1) is 34.3. The zero-order valence-electron chi connectivity index (χ0n) is 28.9. The summed E-state index contributed by atoms with van der Waals surface area (Å²) in [6, 6.07) is 12.0. The summed E-state index contributed by atoms with van der Waals surface area (Å²) in [5.41, 5.74) is 4.60. The van der Waals surface area contributed by atoms with Gasteiger partial charge in [0.1, 0.15) is 0 Å². The minimum Gasteiger partial charge on any atom is -0.436 e. The summed E-state index contributed by atoms with van der Waals surface area (Å²) in [5.74, 6) is -0.194. The first-order chi connectivity index (χ1) is 24.2. The normalized spacial score (nSPS) is 21.4. The molecule has 268 valence electrons. The molecule has 2 aromatic carbocycles. The lowest BCUT2D eigenvalue weighted by Crippen LogP contribution is -2.54. The second kappa shape index (κ2) is 14.6. The van der Waals surface area contributed by atoms with E-state index < -0.39 is 17.8 Å². The molecule has 3 aromatic rings. The number of fused-ring (bicyclic) bond motifs is 2. The molecular weight excluding hydrogens is 638 g/mol. The number of carbonyl (C=O) groups excluding carboxylic acids is 3. The summed E-state index contributed by atoms with van der Waals surface area (Å²) in [5, 5.41) is 23.0. The van der Waals surface area contributed by atoms with Crippen LogP contribution in [0.15, 0.2) is 42.7 Å². The van der Waals surface area contributed by atoms with Crippen molar-refractivity contribution < 1.29 is 29.3 Å². The molecule has 7 rings (SSSR count). The fourth-order valence-electron chi connectivity index (χ4n) is 8.22. The SMILES string of the molecule is Cc1cc(C[C@@H](OC(=O)N2CCC(N3CCc4ccccc4NC3=O)CC2)C(=O)N2CCC(N3CCC(O)(CO)CC3)CC2)cc2nc[nH]c12. The number of para-hydroxylation sites is 1. The van der Waals surface area contributed by atoms with Gasteiger partial charge in [0.05, 0.1) is 29.6 Å². The van der Waals surface area contributed by atoms with Crippen LogP contribution in [0.3, 0.4) is 0 Å². The fraction of sp³-hybridized carbons (Fsp3) is 0.568. The number of rotatable bonds is 7. The van der Waals surface area contributed by atoms with Gasteiger partial charge in [0.15, 0.2) is 6.10 Å². The smallest absolute Gasteiger partial charge is 0.410 e. The molecule has 13 heteroatoms. The number of H-pyrrole nitrogens is 1. The van der Waals surface area contributed by atoms with Crippen LogP contribution in [-0.2, 0) is 22.4 Å². The molecule has 0 bridgehead atoms. The van der Waals surface area contributed by atoms with Crippen molar-refractivity contribution in [3.63, 3.8) is 0 Å². The minimum absolute atomic E-state index is 0.00739. The number of likely N-dealkylation sites (tertiary alicyclic amines) is 3. The number of piperidine rings is 3. The number of carbonyl (C=O) groups is 3. The molecule has 13 nitrogen and oxygen atoms in total. The van der Waals surface area contributed by atoms with Gasteiger partial charge in [-0.05, 0) is 80.7 Å². The Bertz CT molecular complexity index is 1690. The minimum atomic E-state index is -0.995. The quantitative estimate of drug-likeness (QED) is 0.295. The van der Waals surface area contributed by atoms with Crippen LogP contribution >= 0.6 is 0 Å². The van der Waals surface area contributed by atoms with Gasteiger partial charge in [0.25, 0.3) is 5.91 Å². The average molecular weight is 688 g/mol. The van der Waals surface area contributed by atoms with Crippen molar-refractivity contribution in [2.75, 3.05) is 57.7 Å². The Morgan fingerprint density at radius 2 is 1.68 bits per heavy atom. The molecule has 0 spiro atoms. The number of benzene rings is 2. The predicted octanol–water partition coefficient (Wildman–Crippen LogP) is 3.28. The van der Waals surface area contributed by atoms with Crippen LogP contribution in [-0.4, -0.2) is 134 Å². The van der Waals surface area contributed by atoms with Gasteiger partial charge in [-0.3, -0.25) is 4.79 Å². The topological polar surface area (TPSA) is 155 Å². The van der Waals surface area contributed by atoms with Crippen molar-refractivity contribution in [3.8, 4) is 0 Å². The Morgan fingerprint density at radius 1 is 0.980 bits per heavy atom. The van der Waals surface area contributed by atoms with Gasteiger partial charge in [-0.1, -0.05) is 24.3 Å². The standard InChI is InChI=1S/C37H49N7O6/c1-25-20-26(21-31-33(25)39-24-38-31)22-32(34(46)42-13-7-28(8-14-42)41-18-11-37(49,23-45)12-19-41)50-36(48)43-15-9-29(10-16-43)44-17-6-27-4-2-3-5-30(27)40-35(44)47/h2-5,20-21,24,28-29,32,45,49H,6-19,22-23H2,1H3,(H,38,39)(H,40,47)/t32-/m1/s1. The molecule has 0 saturated carbocycles. The van der Waals surface area contributed by atoms with E-state index in [-0.39, 0.29) is 31.0 Å². The highest BCUT2D eigenvalue weighted by Crippen LogP contribution is 2.29. The molecule has 0 radical (unpaired) electrons. The number of hydrogen-bond acceptors (Lipinski definition) is 8. The van der Waals surface area contributed by atoms with E-state index in [1.54, 1.807) is 11.2 Å². The van der Waals surface area contributed by atoms with Crippen molar-refractivity contribution in [2.45, 2.75) is 82.1 Å². The number of nitrogens with zero attached hydrogens (tertiary/aromatic N) is 5. The number of aromatic nitrogens is 2. The van der Waals surface area contributed by atoms with Crippen LogP contribution in [0.2, 0.25) is 0 Å². The van der Waals surface area contributed by atoms with Crippen LogP contribution in [0, 0.1) is 6.92 Å². The third kappa shape index (κ3) is 7.31. The van der Waals surface area contributed by atoms with E-state index in [9.17, 15) is 24.6 Å². The Kier molecular flexibility index (Phi) is 9.98. The number of anilines is 1. The molecule has 0 aliphatic carbocycles. The Morgan fingerprint density at radius 3 is 2.42 bits per heavy atom. The molecule has 3 saturated heterocycles. The van der Waals surface area contributed by atoms with Crippen molar-refractivity contribution >= 4 is 34.8 Å². The van der Waals surface area contributed by atoms with Crippen molar-refractivity contribution in [3.05, 3.63) is 59.4 Å². The van der Waals surface area contributed by atoms with Gasteiger partial charge < -0.3 is 44.9 Å². The van der Waals surface area contributed by atoms with E-state index in [4.69, 9.17) is 4.74 Å². The lowest BCUT2D eigenvalue weighted by molar-refractivity contribution is -0.143. The number of aryl methyl sites for hydroxylation is 1. The number of hydrogen-bond donors (Lipinski definition) is 4. The fourth-order valence-corrected chi connectivity index (χ4v) is 8.22. The summed E-state index contributed by atoms with van der Waals surface area (Å²) in [4.78, 5) is 56.3. The van der Waals surface area contributed by atoms with Crippen molar-refractivity contribution in [2.24, 2.45) is 0 Å². The molecule has 4 aliphatic rings. The first-order valence-corrected chi connectivity index (χ1v) is 18.1. The van der Waals surface area contributed by atoms with E-state index in [0.717, 1.165) is 65.8 Å². The van der Waals surface area contributed by atoms with Crippen LogP contribution < -0.4 is 5.32 Å². The average Bonchev–Trinajstić information content (AvgIpc) is 3.55. The van der Waals surface area contributed by atoms with E-state index in [0.29, 0.717) is 64.4 Å². The second-order valence-electron chi connectivity index (χ2n) is 14.5. The molecule has 5 heterocycles. The summed E-state index contributed by atoms with van der Waals surface area (Å²) in [7, 11) is 0. The van der Waals surface area contributed by atoms with Gasteiger partial charge in [-0.15, -0.1) is 0 Å². The van der Waals surface area contributed by atoms with Crippen molar-refractivity contribution in [1.29, 1.82) is 0 Å². The predicted molar refractivity (Wildman–Crippen MR) is 188 cm³/mol. The summed E-state index contributed by atoms with van der Waals surface area (Å²) in [6.45, 7) is 5.82. The van der Waals surface area contributed by atoms with Gasteiger partial charge in [0.2, 0.25) is 0 Å². The zero-order valence-corrected chi connectivity index (χ0v) is 28.9. The number of aromatic amines is 1. The lowest BCUT2D eigenvalue weighted by Gasteiger charge is -2.44. The number of aliphatic hydroxyl groups is 2. The summed E-state index contributed by atoms with van der Waals surface area (Å²) >= 11 is 0. The monoisotopic (exact) mass is 687 g/mol. The van der Waals surface area contributed by atoms with Crippen molar-refractivity contribution in [1.82, 2.24) is 29.6 Å². The molecule has 4 N–H and O–H groups in total. The molecular formula is C37H49N7O6. The number of ether oxygens (including phenoxy) is 1. The molecule has 4 aliphatic heterocycles. The Labute approximate surface area is 292 Å². The highest BCUT2D eigenvalue weighted by Gasteiger charge is 2.38. The molecule has 0 unspecified atom stereocenters. The largest absolute Gasteiger partial charge is 0.436 e. The van der Waals surface area contributed by atoms with Crippen LogP contribution in [0.1, 0.15) is 55.2 Å². The summed E-state index contributed by atoms with van der Waals surface area (Å²) < 4.78 is 6.10. The molecule has 3 fully saturated rings. The Hall–Kier alpha value is -4.20. The number of aliphatic hydroxyl groups excluding tert-OH is 1. The first-order valence-electron chi connectivity index (χ1n) is 18.1. The third-order valence-corrected chi connectivity index (χ3v) is 11.3. The van der Waals surface area contributed by atoms with Crippen LogP contribution in [0.4, 0.5) is 15.3 Å². The maximum Gasteiger partial charge on any atom is 0.410 e. The third-order valence-electron chi connectivity index (χ3n) is 11.3. The summed E-state index contributed by atoms with van der Waals surface area (Å²) in [6.07, 6.45) is 5.10. The molecule has 1 atom stereocenters. The van der Waals surface area contributed by atoms with E-state index >= 15 is 0 Å². The number of imidazole rings is 1. The molecule has 4 amide bonds. The van der Waals surface area contributed by atoms with Crippen LogP contribution in [0.5, 0.6) is 0 Å². The molecule has 50 heavy (non-hydrogen) atoms. The number of urea groups is 1. The van der Waals surface area contributed by atoms with E-state index in [1.165, 1.54) is 0 Å². The highest BCUT2D eigenvalue weighted by molar-refractivity contribution is 5.91. The van der Waals surface area contributed by atoms with E-state index in [1.807, 2.05) is 53.1 Å². The maximum absolute atomic E-state index is 14.1. The zero-order chi connectivity index (χ0) is 34.8. The van der Waals surface area contributed by atoms with Crippen LogP contribution in [0.25, 0.3) is 11.0 Å².